The van der Waals surface area contributed by atoms with Gasteiger partial charge in [0.1, 0.15) is 0 Å². The van der Waals surface area contributed by atoms with Crippen LogP contribution in [-0.4, -0.2) is 22.5 Å². The Morgan fingerprint density at radius 2 is 2.32 bits per heavy atom. The van der Waals surface area contributed by atoms with Gasteiger partial charge in [-0.25, -0.2) is 0 Å². The van der Waals surface area contributed by atoms with Crippen LogP contribution in [0.15, 0.2) is 30.6 Å². The lowest BCUT2D eigenvalue weighted by Gasteiger charge is -2.24. The number of pyridine rings is 1. The molecule has 1 fully saturated rings. The van der Waals surface area contributed by atoms with Crippen molar-refractivity contribution in [3.05, 3.63) is 40.7 Å². The summed E-state index contributed by atoms with van der Waals surface area (Å²) < 4.78 is 0. The van der Waals surface area contributed by atoms with Gasteiger partial charge in [-0.1, -0.05) is 0 Å². The Balaban J connectivity index is 2.18. The molecule has 3 rings (SSSR count). The number of benzene rings is 1. The summed E-state index contributed by atoms with van der Waals surface area (Å²) in [6, 6.07) is 5.82. The maximum atomic E-state index is 11.2. The number of aromatic nitrogens is 1. The average Bonchev–Trinajstić information content (AvgIpc) is 2.83. The smallest absolute Gasteiger partial charge is 0.279 e. The van der Waals surface area contributed by atoms with Crippen LogP contribution in [0.5, 0.6) is 0 Å². The highest BCUT2D eigenvalue weighted by Gasteiger charge is 2.23. The number of anilines is 1. The molecule has 0 bridgehead atoms. The van der Waals surface area contributed by atoms with Crippen molar-refractivity contribution in [1.29, 1.82) is 0 Å². The fourth-order valence-electron chi connectivity index (χ4n) is 2.81. The van der Waals surface area contributed by atoms with Crippen LogP contribution in [0.1, 0.15) is 19.8 Å². The molecule has 5 heteroatoms. The summed E-state index contributed by atoms with van der Waals surface area (Å²) in [6.07, 6.45) is 5.55. The first-order chi connectivity index (χ1) is 9.16. The normalized spacial score (nSPS) is 19.0. The minimum atomic E-state index is -0.313. The summed E-state index contributed by atoms with van der Waals surface area (Å²) in [5, 5.41) is 12.7. The molecule has 1 aromatic carbocycles. The largest absolute Gasteiger partial charge is 0.369 e. The molecule has 1 saturated heterocycles. The van der Waals surface area contributed by atoms with Crippen LogP contribution in [0.4, 0.5) is 11.4 Å². The third-order valence-corrected chi connectivity index (χ3v) is 3.80. The van der Waals surface area contributed by atoms with Crippen molar-refractivity contribution >= 4 is 22.1 Å². The molecule has 0 radical (unpaired) electrons. The molecule has 19 heavy (non-hydrogen) atoms. The molecular weight excluding hydrogens is 242 g/mol. The zero-order valence-corrected chi connectivity index (χ0v) is 10.7. The van der Waals surface area contributed by atoms with Gasteiger partial charge in [0, 0.05) is 42.1 Å². The maximum absolute atomic E-state index is 11.2. The van der Waals surface area contributed by atoms with E-state index in [9.17, 15) is 10.1 Å². The number of fused-ring (bicyclic) bond motifs is 1. The van der Waals surface area contributed by atoms with Gasteiger partial charge in [0.25, 0.3) is 5.69 Å². The Kier molecular flexibility index (Phi) is 2.81. The summed E-state index contributed by atoms with van der Waals surface area (Å²) in [6.45, 7) is 3.12. The first kappa shape index (κ1) is 11.9. The molecule has 1 aromatic heterocycles. The molecule has 1 atom stereocenters. The fourth-order valence-corrected chi connectivity index (χ4v) is 2.81. The van der Waals surface area contributed by atoms with Gasteiger partial charge < -0.3 is 4.90 Å². The van der Waals surface area contributed by atoms with E-state index < -0.39 is 0 Å². The standard InChI is InChI=1S/C14H15N3O2/c1-10-3-2-6-16(10)12-7-11-9-15-5-4-13(11)14(8-12)17(18)19/h4-5,7-10H,2-3,6H2,1H3. The molecule has 2 aromatic rings. The topological polar surface area (TPSA) is 59.3 Å². The Morgan fingerprint density at radius 1 is 1.47 bits per heavy atom. The van der Waals surface area contributed by atoms with Gasteiger partial charge in [-0.05, 0) is 31.9 Å². The second kappa shape index (κ2) is 4.50. The molecule has 2 heterocycles. The molecule has 5 nitrogen and oxygen atoms in total. The van der Waals surface area contributed by atoms with Crippen molar-refractivity contribution in [2.24, 2.45) is 0 Å². The minimum Gasteiger partial charge on any atom is -0.369 e. The van der Waals surface area contributed by atoms with Crippen LogP contribution >= 0.6 is 0 Å². The predicted octanol–water partition coefficient (Wildman–Crippen LogP) is 3.13. The van der Waals surface area contributed by atoms with Crippen LogP contribution in [-0.2, 0) is 0 Å². The van der Waals surface area contributed by atoms with Crippen LogP contribution in [0.3, 0.4) is 0 Å². The van der Waals surface area contributed by atoms with E-state index in [1.54, 1.807) is 24.5 Å². The van der Waals surface area contributed by atoms with Gasteiger partial charge in [-0.15, -0.1) is 0 Å². The second-order valence-corrected chi connectivity index (χ2v) is 5.00. The number of non-ortho nitro benzene ring substituents is 1. The molecule has 1 unspecified atom stereocenters. The van der Waals surface area contributed by atoms with E-state index in [0.29, 0.717) is 11.4 Å². The minimum absolute atomic E-state index is 0.161. The van der Waals surface area contributed by atoms with Gasteiger partial charge >= 0.3 is 0 Å². The molecule has 0 N–H and O–H groups in total. The monoisotopic (exact) mass is 257 g/mol. The number of hydrogen-bond donors (Lipinski definition) is 0. The molecule has 98 valence electrons. The molecule has 1 aliphatic heterocycles. The van der Waals surface area contributed by atoms with Gasteiger partial charge in [0.05, 0.1) is 10.3 Å². The van der Waals surface area contributed by atoms with Crippen LogP contribution in [0.25, 0.3) is 10.8 Å². The summed E-state index contributed by atoms with van der Waals surface area (Å²) in [5.41, 5.74) is 1.09. The third-order valence-electron chi connectivity index (χ3n) is 3.80. The average molecular weight is 257 g/mol. The molecular formula is C14H15N3O2. The predicted molar refractivity (Wildman–Crippen MR) is 74.4 cm³/mol. The van der Waals surface area contributed by atoms with Gasteiger partial charge in [-0.3, -0.25) is 15.1 Å². The summed E-state index contributed by atoms with van der Waals surface area (Å²) >= 11 is 0. The third kappa shape index (κ3) is 2.01. The zero-order valence-electron chi connectivity index (χ0n) is 10.7. The van der Waals surface area contributed by atoms with Gasteiger partial charge in [0.2, 0.25) is 0 Å². The second-order valence-electron chi connectivity index (χ2n) is 5.00. The number of rotatable bonds is 2. The first-order valence-corrected chi connectivity index (χ1v) is 6.45. The summed E-state index contributed by atoms with van der Waals surface area (Å²) in [7, 11) is 0. The van der Waals surface area contributed by atoms with E-state index in [1.165, 1.54) is 0 Å². The van der Waals surface area contributed by atoms with Crippen LogP contribution in [0, 0.1) is 10.1 Å². The van der Waals surface area contributed by atoms with Crippen molar-refractivity contribution in [1.82, 2.24) is 4.98 Å². The fraction of sp³-hybridized carbons (Fsp3) is 0.357. The lowest BCUT2D eigenvalue weighted by Crippen LogP contribution is -2.26. The first-order valence-electron chi connectivity index (χ1n) is 6.45. The summed E-state index contributed by atoms with van der Waals surface area (Å²) in [4.78, 5) is 17.2. The molecule has 0 spiro atoms. The molecule has 0 amide bonds. The van der Waals surface area contributed by atoms with Gasteiger partial charge in [0.15, 0.2) is 0 Å². The van der Waals surface area contributed by atoms with E-state index >= 15 is 0 Å². The molecule has 1 aliphatic rings. The zero-order chi connectivity index (χ0) is 13.4. The number of hydrogen-bond acceptors (Lipinski definition) is 4. The van der Waals surface area contributed by atoms with Crippen molar-refractivity contribution in [3.8, 4) is 0 Å². The van der Waals surface area contributed by atoms with E-state index in [-0.39, 0.29) is 10.6 Å². The Hall–Kier alpha value is -2.17. The van der Waals surface area contributed by atoms with Crippen LogP contribution < -0.4 is 4.90 Å². The quantitative estimate of drug-likeness (QED) is 0.612. The highest BCUT2D eigenvalue weighted by molar-refractivity contribution is 5.93. The Bertz CT molecular complexity index is 642. The number of nitro groups is 1. The summed E-state index contributed by atoms with van der Waals surface area (Å²) in [5.74, 6) is 0. The lowest BCUT2D eigenvalue weighted by atomic mass is 10.1. The number of nitro benzene ring substituents is 1. The highest BCUT2D eigenvalue weighted by atomic mass is 16.6. The lowest BCUT2D eigenvalue weighted by molar-refractivity contribution is -0.383. The van der Waals surface area contributed by atoms with Crippen LogP contribution in [0.2, 0.25) is 0 Å². The molecule has 0 aliphatic carbocycles. The Labute approximate surface area is 111 Å². The Morgan fingerprint density at radius 3 is 3.00 bits per heavy atom. The van der Waals surface area contributed by atoms with Gasteiger partial charge in [-0.2, -0.15) is 0 Å². The van der Waals surface area contributed by atoms with E-state index in [2.05, 4.69) is 16.8 Å². The van der Waals surface area contributed by atoms with E-state index in [1.807, 2.05) is 6.07 Å². The van der Waals surface area contributed by atoms with E-state index in [4.69, 9.17) is 0 Å². The van der Waals surface area contributed by atoms with Crippen molar-refractivity contribution in [2.45, 2.75) is 25.8 Å². The van der Waals surface area contributed by atoms with Crippen molar-refractivity contribution in [3.63, 3.8) is 0 Å². The maximum Gasteiger partial charge on any atom is 0.279 e. The SMILES string of the molecule is CC1CCCN1c1cc([N+](=O)[O-])c2ccncc2c1. The molecule has 0 saturated carbocycles. The van der Waals surface area contributed by atoms with Crippen molar-refractivity contribution in [2.75, 3.05) is 11.4 Å². The highest BCUT2D eigenvalue weighted by Crippen LogP contribution is 2.34. The van der Waals surface area contributed by atoms with E-state index in [0.717, 1.165) is 30.5 Å². The number of nitrogens with zero attached hydrogens (tertiary/aromatic N) is 3. The van der Waals surface area contributed by atoms with Crippen molar-refractivity contribution < 1.29 is 4.92 Å².